The molecule has 0 saturated carbocycles. The lowest BCUT2D eigenvalue weighted by Gasteiger charge is -2.32. The number of likely N-dealkylation sites (N-methyl/N-ethyl adjacent to an activating group) is 1. The molecule has 0 unspecified atom stereocenters. The van der Waals surface area contributed by atoms with Crippen molar-refractivity contribution in [3.63, 3.8) is 0 Å². The standard InChI is InChI=1S/C19H25N5O3/c1-13-16(17(19(26)27)21-23(13)3)20-18(25)15-6-4-5-14(11-15)12-24-9-7-22(2)8-10-24/h4-6,11H,7-10,12H2,1-3H3,(H,20,25)(H,26,27). The minimum Gasteiger partial charge on any atom is -0.476 e. The third-order valence-corrected chi connectivity index (χ3v) is 4.97. The van der Waals surface area contributed by atoms with Crippen molar-refractivity contribution in [1.82, 2.24) is 19.6 Å². The summed E-state index contributed by atoms with van der Waals surface area (Å²) in [5, 5.41) is 16.0. The number of nitrogens with zero attached hydrogens (tertiary/aromatic N) is 4. The molecule has 0 aliphatic carbocycles. The quantitative estimate of drug-likeness (QED) is 0.826. The van der Waals surface area contributed by atoms with E-state index in [0.717, 1.165) is 38.3 Å². The zero-order chi connectivity index (χ0) is 19.6. The van der Waals surface area contributed by atoms with Crippen molar-refractivity contribution in [2.45, 2.75) is 13.5 Å². The van der Waals surface area contributed by atoms with Gasteiger partial charge in [0.05, 0.1) is 11.4 Å². The Bertz CT molecular complexity index is 853. The van der Waals surface area contributed by atoms with E-state index in [-0.39, 0.29) is 17.3 Å². The second-order valence-electron chi connectivity index (χ2n) is 6.97. The molecule has 8 nitrogen and oxygen atoms in total. The van der Waals surface area contributed by atoms with Gasteiger partial charge in [-0.2, -0.15) is 5.10 Å². The Hall–Kier alpha value is -2.71. The number of anilines is 1. The van der Waals surface area contributed by atoms with E-state index in [9.17, 15) is 14.7 Å². The van der Waals surface area contributed by atoms with Gasteiger partial charge in [0, 0.05) is 45.3 Å². The minimum atomic E-state index is -1.17. The third kappa shape index (κ3) is 4.35. The first kappa shape index (κ1) is 19.1. The molecule has 2 heterocycles. The lowest BCUT2D eigenvalue weighted by Crippen LogP contribution is -2.43. The molecule has 1 aromatic heterocycles. The van der Waals surface area contributed by atoms with Crippen LogP contribution in [0.4, 0.5) is 5.69 Å². The number of aryl methyl sites for hydroxylation is 1. The highest BCUT2D eigenvalue weighted by molar-refractivity contribution is 6.07. The summed E-state index contributed by atoms with van der Waals surface area (Å²) in [6, 6.07) is 7.45. The van der Waals surface area contributed by atoms with Gasteiger partial charge in [-0.25, -0.2) is 4.79 Å². The molecule has 0 spiro atoms. The van der Waals surface area contributed by atoms with Gasteiger partial charge >= 0.3 is 5.97 Å². The van der Waals surface area contributed by atoms with Gasteiger partial charge in [-0.1, -0.05) is 12.1 Å². The zero-order valence-electron chi connectivity index (χ0n) is 15.9. The second-order valence-corrected chi connectivity index (χ2v) is 6.97. The van der Waals surface area contributed by atoms with Gasteiger partial charge in [-0.15, -0.1) is 0 Å². The topological polar surface area (TPSA) is 90.7 Å². The molecule has 1 saturated heterocycles. The van der Waals surface area contributed by atoms with E-state index in [1.54, 1.807) is 20.0 Å². The van der Waals surface area contributed by atoms with Crippen molar-refractivity contribution in [3.05, 3.63) is 46.8 Å². The smallest absolute Gasteiger partial charge is 0.358 e. The predicted octanol–water partition coefficient (Wildman–Crippen LogP) is 1.43. The summed E-state index contributed by atoms with van der Waals surface area (Å²) in [6.07, 6.45) is 0. The van der Waals surface area contributed by atoms with Crippen LogP contribution >= 0.6 is 0 Å². The van der Waals surface area contributed by atoms with Gasteiger partial charge in [0.25, 0.3) is 5.91 Å². The van der Waals surface area contributed by atoms with Crippen molar-refractivity contribution in [2.24, 2.45) is 7.05 Å². The number of hydrogen-bond donors (Lipinski definition) is 2. The van der Waals surface area contributed by atoms with Gasteiger partial charge in [0.2, 0.25) is 0 Å². The van der Waals surface area contributed by atoms with E-state index >= 15 is 0 Å². The van der Waals surface area contributed by atoms with Crippen molar-refractivity contribution in [3.8, 4) is 0 Å². The van der Waals surface area contributed by atoms with Crippen LogP contribution in [0.2, 0.25) is 0 Å². The summed E-state index contributed by atoms with van der Waals surface area (Å²) in [7, 11) is 3.77. The van der Waals surface area contributed by atoms with E-state index in [0.29, 0.717) is 11.3 Å². The first-order chi connectivity index (χ1) is 12.8. The highest BCUT2D eigenvalue weighted by Crippen LogP contribution is 2.21. The summed E-state index contributed by atoms with van der Waals surface area (Å²) >= 11 is 0. The monoisotopic (exact) mass is 371 g/mol. The van der Waals surface area contributed by atoms with Crippen LogP contribution in [0.1, 0.15) is 32.1 Å². The number of aromatic carboxylic acids is 1. The SMILES string of the molecule is Cc1c(NC(=O)c2cccc(CN3CCN(C)CC3)c2)c(C(=O)O)nn1C. The van der Waals surface area contributed by atoms with Crippen LogP contribution in [-0.4, -0.2) is 69.8 Å². The zero-order valence-corrected chi connectivity index (χ0v) is 15.9. The third-order valence-electron chi connectivity index (χ3n) is 4.97. The molecule has 0 radical (unpaired) electrons. The summed E-state index contributed by atoms with van der Waals surface area (Å²) in [5.74, 6) is -1.51. The first-order valence-corrected chi connectivity index (χ1v) is 8.93. The van der Waals surface area contributed by atoms with Crippen molar-refractivity contribution in [2.75, 3.05) is 38.5 Å². The Morgan fingerprint density at radius 2 is 1.89 bits per heavy atom. The summed E-state index contributed by atoms with van der Waals surface area (Å²) in [4.78, 5) is 28.7. The van der Waals surface area contributed by atoms with Crippen LogP contribution in [0.25, 0.3) is 0 Å². The van der Waals surface area contributed by atoms with Crippen molar-refractivity contribution >= 4 is 17.6 Å². The Morgan fingerprint density at radius 1 is 1.19 bits per heavy atom. The van der Waals surface area contributed by atoms with Crippen LogP contribution < -0.4 is 5.32 Å². The molecule has 8 heteroatoms. The van der Waals surface area contributed by atoms with Gasteiger partial charge in [0.1, 0.15) is 0 Å². The maximum Gasteiger partial charge on any atom is 0.358 e. The van der Waals surface area contributed by atoms with E-state index in [2.05, 4.69) is 27.3 Å². The summed E-state index contributed by atoms with van der Waals surface area (Å²) in [5.41, 5.74) is 2.24. The van der Waals surface area contributed by atoms with Gasteiger partial charge in [0.15, 0.2) is 5.69 Å². The number of hydrogen-bond acceptors (Lipinski definition) is 5. The van der Waals surface area contributed by atoms with E-state index in [1.165, 1.54) is 4.68 Å². The molecule has 1 fully saturated rings. The maximum absolute atomic E-state index is 12.7. The number of carboxylic acid groups (broad SMARTS) is 1. The number of carbonyl (C=O) groups is 2. The minimum absolute atomic E-state index is 0.156. The number of amides is 1. The predicted molar refractivity (Wildman–Crippen MR) is 102 cm³/mol. The van der Waals surface area contributed by atoms with Gasteiger partial charge in [-0.3, -0.25) is 14.4 Å². The van der Waals surface area contributed by atoms with Crippen molar-refractivity contribution < 1.29 is 14.7 Å². The average molecular weight is 371 g/mol. The van der Waals surface area contributed by atoms with Crippen LogP contribution in [0.15, 0.2) is 24.3 Å². The highest BCUT2D eigenvalue weighted by atomic mass is 16.4. The number of nitrogens with one attached hydrogen (secondary N) is 1. The second kappa shape index (κ2) is 7.89. The Balaban J connectivity index is 1.74. The maximum atomic E-state index is 12.7. The fraction of sp³-hybridized carbons (Fsp3) is 0.421. The number of benzene rings is 1. The Labute approximate surface area is 158 Å². The fourth-order valence-corrected chi connectivity index (χ4v) is 3.17. The molecule has 2 aromatic rings. The van der Waals surface area contributed by atoms with E-state index < -0.39 is 5.97 Å². The Kier molecular flexibility index (Phi) is 5.57. The molecule has 1 aromatic carbocycles. The molecule has 1 aliphatic heterocycles. The lowest BCUT2D eigenvalue weighted by molar-refractivity contribution is 0.0690. The molecular weight excluding hydrogens is 346 g/mol. The molecule has 1 aliphatic rings. The molecule has 27 heavy (non-hydrogen) atoms. The largest absolute Gasteiger partial charge is 0.476 e. The highest BCUT2D eigenvalue weighted by Gasteiger charge is 2.21. The van der Waals surface area contributed by atoms with Crippen LogP contribution in [0.3, 0.4) is 0 Å². The molecule has 144 valence electrons. The van der Waals surface area contributed by atoms with Gasteiger partial charge in [-0.05, 0) is 31.7 Å². The molecule has 3 rings (SSSR count). The molecule has 0 atom stereocenters. The summed E-state index contributed by atoms with van der Waals surface area (Å²) < 4.78 is 1.45. The van der Waals surface area contributed by atoms with E-state index in [4.69, 9.17) is 0 Å². The molecule has 2 N–H and O–H groups in total. The summed E-state index contributed by atoms with van der Waals surface area (Å²) in [6.45, 7) is 6.60. The van der Waals surface area contributed by atoms with Crippen molar-refractivity contribution in [1.29, 1.82) is 0 Å². The van der Waals surface area contributed by atoms with Crippen LogP contribution in [0.5, 0.6) is 0 Å². The fourth-order valence-electron chi connectivity index (χ4n) is 3.17. The number of carboxylic acids is 1. The normalized spacial score (nSPS) is 15.7. The number of carbonyl (C=O) groups excluding carboxylic acids is 1. The lowest BCUT2D eigenvalue weighted by atomic mass is 10.1. The van der Waals surface area contributed by atoms with E-state index in [1.807, 2.05) is 18.2 Å². The van der Waals surface area contributed by atoms with Crippen LogP contribution in [-0.2, 0) is 13.6 Å². The van der Waals surface area contributed by atoms with Crippen LogP contribution in [0, 0.1) is 6.92 Å². The Morgan fingerprint density at radius 3 is 2.56 bits per heavy atom. The number of piperazine rings is 1. The number of rotatable bonds is 5. The average Bonchev–Trinajstić information content (AvgIpc) is 2.92. The van der Waals surface area contributed by atoms with Gasteiger partial charge < -0.3 is 15.3 Å². The molecule has 1 amide bonds. The molecular formula is C19H25N5O3. The number of aromatic nitrogens is 2. The first-order valence-electron chi connectivity index (χ1n) is 8.93. The molecule has 0 bridgehead atoms.